The van der Waals surface area contributed by atoms with Gasteiger partial charge in [-0.2, -0.15) is 0 Å². The van der Waals surface area contributed by atoms with Gasteiger partial charge in [0, 0.05) is 10.0 Å². The van der Waals surface area contributed by atoms with Crippen molar-refractivity contribution in [2.75, 3.05) is 0 Å². The van der Waals surface area contributed by atoms with Crippen LogP contribution in [0.25, 0.3) is 33.0 Å². The van der Waals surface area contributed by atoms with E-state index in [1.807, 2.05) is 72.8 Å². The molecule has 0 aliphatic heterocycles. The van der Waals surface area contributed by atoms with Crippen molar-refractivity contribution in [1.29, 1.82) is 0 Å². The van der Waals surface area contributed by atoms with Gasteiger partial charge in [-0.3, -0.25) is 0 Å². The van der Waals surface area contributed by atoms with Crippen LogP contribution < -0.4 is 0 Å². The molecule has 0 aliphatic rings. The van der Waals surface area contributed by atoms with Crippen molar-refractivity contribution >= 4 is 34.0 Å². The summed E-state index contributed by atoms with van der Waals surface area (Å²) in [7, 11) is 0. The van der Waals surface area contributed by atoms with Crippen molar-refractivity contribution < 1.29 is 10.2 Å². The fourth-order valence-electron chi connectivity index (χ4n) is 4.27. The van der Waals surface area contributed by atoms with Crippen LogP contribution >= 0.6 is 23.2 Å². The van der Waals surface area contributed by atoms with Gasteiger partial charge < -0.3 is 10.2 Å². The summed E-state index contributed by atoms with van der Waals surface area (Å²) in [6, 6.07) is 23.3. The van der Waals surface area contributed by atoms with Gasteiger partial charge in [0.2, 0.25) is 0 Å². The van der Waals surface area contributed by atoms with E-state index in [0.29, 0.717) is 10.0 Å². The Morgan fingerprint density at radius 1 is 0.531 bits per heavy atom. The van der Waals surface area contributed by atoms with E-state index in [4.69, 9.17) is 23.2 Å². The van der Waals surface area contributed by atoms with Gasteiger partial charge in [0.25, 0.3) is 0 Å². The number of fused-ring (bicyclic) bond motifs is 1. The first-order valence-corrected chi connectivity index (χ1v) is 11.3. The van der Waals surface area contributed by atoms with Crippen LogP contribution in [0.5, 0.6) is 0 Å². The minimum absolute atomic E-state index is 0.647. The predicted octanol–water partition coefficient (Wildman–Crippen LogP) is 7.94. The molecule has 2 N–H and O–H groups in total. The SMILES string of the molecule is CC(C)(O)c1ccc2ccc(C(C)(C)O)c(-c3ccc(Cl)cc3)c2c1-c1ccc(Cl)cc1. The van der Waals surface area contributed by atoms with E-state index in [2.05, 4.69) is 0 Å². The van der Waals surface area contributed by atoms with Crippen LogP contribution in [0, 0.1) is 0 Å². The molecule has 0 fully saturated rings. The van der Waals surface area contributed by atoms with E-state index < -0.39 is 11.2 Å². The second-order valence-electron chi connectivity index (χ2n) is 9.21. The molecule has 2 nitrogen and oxygen atoms in total. The molecule has 0 saturated heterocycles. The fourth-order valence-corrected chi connectivity index (χ4v) is 4.52. The highest BCUT2D eigenvalue weighted by atomic mass is 35.5. The summed E-state index contributed by atoms with van der Waals surface area (Å²) in [5, 5.41) is 25.4. The molecular weight excluding hydrogens is 439 g/mol. The lowest BCUT2D eigenvalue weighted by atomic mass is 9.79. The first-order chi connectivity index (χ1) is 15.0. The maximum absolute atomic E-state index is 11.1. The molecule has 0 aromatic heterocycles. The van der Waals surface area contributed by atoms with E-state index >= 15 is 0 Å². The summed E-state index contributed by atoms with van der Waals surface area (Å²) >= 11 is 12.4. The smallest absolute Gasteiger partial charge is 0.0846 e. The van der Waals surface area contributed by atoms with E-state index in [1.54, 1.807) is 27.7 Å². The third-order valence-corrected chi connectivity index (χ3v) is 6.27. The topological polar surface area (TPSA) is 40.5 Å². The standard InChI is InChI=1S/C28H26Cl2O2/c1-27(2,31)22-15-9-19-10-16-23(28(3,4)32)25(18-7-13-21(30)14-8-18)26(19)24(22)17-5-11-20(29)12-6-17/h5-16,31-32H,1-4H3. The lowest BCUT2D eigenvalue weighted by molar-refractivity contribution is 0.0791. The lowest BCUT2D eigenvalue weighted by Gasteiger charge is -2.28. The van der Waals surface area contributed by atoms with Crippen LogP contribution in [-0.2, 0) is 11.2 Å². The molecular formula is C28H26Cl2O2. The molecule has 4 heteroatoms. The van der Waals surface area contributed by atoms with Crippen LogP contribution in [0.2, 0.25) is 10.0 Å². The Morgan fingerprint density at radius 2 is 0.875 bits per heavy atom. The Labute approximate surface area is 199 Å². The molecule has 0 aliphatic carbocycles. The average Bonchev–Trinajstić information content (AvgIpc) is 2.72. The third-order valence-electron chi connectivity index (χ3n) is 5.77. The molecule has 0 atom stereocenters. The van der Waals surface area contributed by atoms with Crippen LogP contribution in [0.4, 0.5) is 0 Å². The molecule has 164 valence electrons. The molecule has 0 saturated carbocycles. The molecule has 0 amide bonds. The van der Waals surface area contributed by atoms with Gasteiger partial charge in [-0.05, 0) is 96.1 Å². The van der Waals surface area contributed by atoms with Gasteiger partial charge >= 0.3 is 0 Å². The van der Waals surface area contributed by atoms with E-state index in [9.17, 15) is 10.2 Å². The molecule has 32 heavy (non-hydrogen) atoms. The van der Waals surface area contributed by atoms with Crippen molar-refractivity contribution in [1.82, 2.24) is 0 Å². The normalized spacial score (nSPS) is 12.4. The second kappa shape index (κ2) is 8.20. The van der Waals surface area contributed by atoms with Gasteiger partial charge in [0.15, 0.2) is 0 Å². The van der Waals surface area contributed by atoms with Gasteiger partial charge in [-0.25, -0.2) is 0 Å². The fraction of sp³-hybridized carbons (Fsp3) is 0.214. The van der Waals surface area contributed by atoms with Crippen molar-refractivity contribution in [2.45, 2.75) is 38.9 Å². The summed E-state index contributed by atoms with van der Waals surface area (Å²) in [6.07, 6.45) is 0. The highest BCUT2D eigenvalue weighted by Gasteiger charge is 2.28. The van der Waals surface area contributed by atoms with E-state index in [1.165, 1.54) is 0 Å². The first kappa shape index (κ1) is 22.8. The quantitative estimate of drug-likeness (QED) is 0.321. The lowest BCUT2D eigenvalue weighted by Crippen LogP contribution is -2.19. The molecule has 0 heterocycles. The average molecular weight is 465 g/mol. The van der Waals surface area contributed by atoms with Crippen LogP contribution in [0.1, 0.15) is 38.8 Å². The Hall–Kier alpha value is -2.36. The highest BCUT2D eigenvalue weighted by molar-refractivity contribution is 6.31. The molecule has 0 unspecified atom stereocenters. The Kier molecular flexibility index (Phi) is 5.85. The first-order valence-electron chi connectivity index (χ1n) is 10.5. The molecule has 4 aromatic carbocycles. The second-order valence-corrected chi connectivity index (χ2v) is 10.1. The van der Waals surface area contributed by atoms with Crippen LogP contribution in [-0.4, -0.2) is 10.2 Å². The molecule has 4 rings (SSSR count). The van der Waals surface area contributed by atoms with Crippen molar-refractivity contribution in [3.05, 3.63) is 94.0 Å². The molecule has 0 spiro atoms. The van der Waals surface area contributed by atoms with Gasteiger partial charge in [-0.1, -0.05) is 71.7 Å². The van der Waals surface area contributed by atoms with Gasteiger partial charge in [-0.15, -0.1) is 0 Å². The van der Waals surface area contributed by atoms with E-state index in [0.717, 1.165) is 44.2 Å². The zero-order valence-electron chi connectivity index (χ0n) is 18.6. The maximum atomic E-state index is 11.1. The summed E-state index contributed by atoms with van der Waals surface area (Å²) in [5.41, 5.74) is 3.17. The summed E-state index contributed by atoms with van der Waals surface area (Å²) in [5.74, 6) is 0. The largest absolute Gasteiger partial charge is 0.386 e. The van der Waals surface area contributed by atoms with Crippen molar-refractivity contribution in [3.8, 4) is 22.3 Å². The Bertz CT molecular complexity index is 1180. The monoisotopic (exact) mass is 464 g/mol. The summed E-state index contributed by atoms with van der Waals surface area (Å²) < 4.78 is 0. The Balaban J connectivity index is 2.24. The molecule has 0 bridgehead atoms. The number of hydrogen-bond acceptors (Lipinski definition) is 2. The van der Waals surface area contributed by atoms with Crippen LogP contribution in [0.15, 0.2) is 72.8 Å². The summed E-state index contributed by atoms with van der Waals surface area (Å²) in [6.45, 7) is 7.15. The number of hydrogen-bond donors (Lipinski definition) is 2. The van der Waals surface area contributed by atoms with E-state index in [-0.39, 0.29) is 0 Å². The Morgan fingerprint density at radius 3 is 1.19 bits per heavy atom. The third kappa shape index (κ3) is 4.29. The van der Waals surface area contributed by atoms with Gasteiger partial charge in [0.1, 0.15) is 0 Å². The number of benzene rings is 4. The predicted molar refractivity (Wildman–Crippen MR) is 135 cm³/mol. The minimum atomic E-state index is -1.08. The zero-order chi connectivity index (χ0) is 23.3. The van der Waals surface area contributed by atoms with Crippen molar-refractivity contribution in [2.24, 2.45) is 0 Å². The van der Waals surface area contributed by atoms with Crippen molar-refractivity contribution in [3.63, 3.8) is 0 Å². The zero-order valence-corrected chi connectivity index (χ0v) is 20.1. The number of rotatable bonds is 4. The number of aliphatic hydroxyl groups is 2. The maximum Gasteiger partial charge on any atom is 0.0846 e. The minimum Gasteiger partial charge on any atom is -0.386 e. The summed E-state index contributed by atoms with van der Waals surface area (Å²) in [4.78, 5) is 0. The van der Waals surface area contributed by atoms with Crippen LogP contribution in [0.3, 0.4) is 0 Å². The molecule has 0 radical (unpaired) electrons. The molecule has 4 aromatic rings. The van der Waals surface area contributed by atoms with Gasteiger partial charge in [0.05, 0.1) is 11.2 Å². The number of halogens is 2. The highest BCUT2D eigenvalue weighted by Crippen LogP contribution is 2.45.